The van der Waals surface area contributed by atoms with Crippen LogP contribution in [0.4, 0.5) is 0 Å². The zero-order valence-electron chi connectivity index (χ0n) is 10.5. The smallest absolute Gasteiger partial charge is 0.324 e. The van der Waals surface area contributed by atoms with E-state index in [1.54, 1.807) is 24.3 Å². The summed E-state index contributed by atoms with van der Waals surface area (Å²) in [6.07, 6.45) is 1.53. The van der Waals surface area contributed by atoms with Crippen molar-refractivity contribution in [1.29, 1.82) is 0 Å². The predicted octanol–water partition coefficient (Wildman–Crippen LogP) is 2.21. The number of rotatable bonds is 5. The highest BCUT2D eigenvalue weighted by Crippen LogP contribution is 2.37. The maximum atomic E-state index is 12.3. The third kappa shape index (κ3) is 3.48. The Bertz CT molecular complexity index is 561. The normalized spacial score (nSPS) is 16.9. The zero-order valence-corrected chi connectivity index (χ0v) is 12.1. The van der Waals surface area contributed by atoms with Gasteiger partial charge in [-0.3, -0.25) is 4.79 Å². The van der Waals surface area contributed by atoms with Gasteiger partial charge in [0.2, 0.25) is 0 Å². The molecule has 0 heterocycles. The van der Waals surface area contributed by atoms with Crippen LogP contribution >= 0.6 is 11.6 Å². The first-order chi connectivity index (χ1) is 8.94. The third-order valence-corrected chi connectivity index (χ3v) is 5.49. The van der Waals surface area contributed by atoms with E-state index in [-0.39, 0.29) is 11.7 Å². The monoisotopic (exact) mass is 302 g/mol. The van der Waals surface area contributed by atoms with Gasteiger partial charge >= 0.3 is 5.97 Å². The van der Waals surface area contributed by atoms with Crippen LogP contribution in [0, 0.1) is 5.92 Å². The zero-order chi connectivity index (χ0) is 14.0. The minimum absolute atomic E-state index is 0.0928. The first-order valence-electron chi connectivity index (χ1n) is 5.98. The maximum absolute atomic E-state index is 12.3. The van der Waals surface area contributed by atoms with Gasteiger partial charge in [0.05, 0.1) is 12.9 Å². The van der Waals surface area contributed by atoms with Crippen molar-refractivity contribution in [2.45, 2.75) is 23.8 Å². The molecule has 19 heavy (non-hydrogen) atoms. The summed E-state index contributed by atoms with van der Waals surface area (Å²) in [4.78, 5) is 11.7. The number of methoxy groups -OCH3 is 1. The van der Waals surface area contributed by atoms with Crippen LogP contribution in [0.1, 0.15) is 18.4 Å². The number of benzene rings is 1. The Balaban J connectivity index is 2.20. The number of carbonyl (C=O) groups is 1. The number of sulfone groups is 1. The van der Waals surface area contributed by atoms with Crippen molar-refractivity contribution in [3.63, 3.8) is 0 Å². The molecule has 0 saturated heterocycles. The number of ether oxygens (including phenoxy) is 1. The Morgan fingerprint density at radius 3 is 2.42 bits per heavy atom. The molecule has 2 rings (SSSR count). The van der Waals surface area contributed by atoms with Crippen LogP contribution in [0.3, 0.4) is 0 Å². The fraction of sp³-hybridized carbons (Fsp3) is 0.462. The standard InChI is InChI=1S/C13H15ClO4S/c1-18-13(15)12(10-4-5-10)19(16,17)8-9-2-6-11(14)7-3-9/h2-3,6-7,10,12H,4-5,8H2,1H3. The van der Waals surface area contributed by atoms with Crippen LogP contribution in [0.5, 0.6) is 0 Å². The maximum Gasteiger partial charge on any atom is 0.324 e. The van der Waals surface area contributed by atoms with Crippen LogP contribution < -0.4 is 0 Å². The molecule has 0 amide bonds. The Morgan fingerprint density at radius 2 is 1.95 bits per heavy atom. The minimum atomic E-state index is -3.55. The van der Waals surface area contributed by atoms with Crippen LogP contribution in [-0.4, -0.2) is 26.7 Å². The minimum Gasteiger partial charge on any atom is -0.468 e. The highest BCUT2D eigenvalue weighted by molar-refractivity contribution is 7.92. The molecule has 6 heteroatoms. The Morgan fingerprint density at radius 1 is 1.37 bits per heavy atom. The van der Waals surface area contributed by atoms with Gasteiger partial charge in [-0.05, 0) is 36.5 Å². The van der Waals surface area contributed by atoms with Crippen molar-refractivity contribution < 1.29 is 17.9 Å². The van der Waals surface area contributed by atoms with Gasteiger partial charge in [-0.2, -0.15) is 0 Å². The fourth-order valence-electron chi connectivity index (χ4n) is 2.05. The Hall–Kier alpha value is -1.07. The van der Waals surface area contributed by atoms with Crippen LogP contribution in [-0.2, 0) is 25.1 Å². The van der Waals surface area contributed by atoms with Crippen LogP contribution in [0.2, 0.25) is 5.02 Å². The molecule has 0 radical (unpaired) electrons. The second kappa shape index (κ2) is 5.51. The number of halogens is 1. The van der Waals surface area contributed by atoms with Crippen molar-refractivity contribution in [2.24, 2.45) is 5.92 Å². The SMILES string of the molecule is COC(=O)C(C1CC1)S(=O)(=O)Cc1ccc(Cl)cc1. The molecule has 1 aromatic rings. The largest absolute Gasteiger partial charge is 0.468 e. The summed E-state index contributed by atoms with van der Waals surface area (Å²) in [5, 5.41) is -0.485. The summed E-state index contributed by atoms with van der Waals surface area (Å²) >= 11 is 5.76. The molecule has 1 fully saturated rings. The molecule has 1 unspecified atom stereocenters. The fourth-order valence-corrected chi connectivity index (χ4v) is 4.26. The second-order valence-electron chi connectivity index (χ2n) is 4.71. The molecule has 0 aliphatic heterocycles. The van der Waals surface area contributed by atoms with Gasteiger partial charge in [0, 0.05) is 5.02 Å². The number of esters is 1. The van der Waals surface area contributed by atoms with E-state index in [9.17, 15) is 13.2 Å². The van der Waals surface area contributed by atoms with Crippen molar-refractivity contribution >= 4 is 27.4 Å². The lowest BCUT2D eigenvalue weighted by Gasteiger charge is -2.14. The van der Waals surface area contributed by atoms with E-state index >= 15 is 0 Å². The van der Waals surface area contributed by atoms with E-state index in [2.05, 4.69) is 4.74 Å². The molecular weight excluding hydrogens is 288 g/mol. The summed E-state index contributed by atoms with van der Waals surface area (Å²) in [5.41, 5.74) is 0.624. The van der Waals surface area contributed by atoms with E-state index in [1.165, 1.54) is 7.11 Å². The molecule has 1 atom stereocenters. The molecule has 1 saturated carbocycles. The van der Waals surface area contributed by atoms with Crippen LogP contribution in [0.25, 0.3) is 0 Å². The van der Waals surface area contributed by atoms with Gasteiger partial charge in [0.15, 0.2) is 15.1 Å². The molecule has 0 spiro atoms. The lowest BCUT2D eigenvalue weighted by molar-refractivity contribution is -0.140. The van der Waals surface area contributed by atoms with Gasteiger partial charge in [-0.1, -0.05) is 23.7 Å². The molecule has 4 nitrogen and oxygen atoms in total. The summed E-state index contributed by atoms with van der Waals surface area (Å²) < 4.78 is 29.3. The summed E-state index contributed by atoms with van der Waals surface area (Å²) in [5.74, 6) is -0.915. The molecule has 1 aliphatic rings. The summed E-state index contributed by atoms with van der Waals surface area (Å²) in [6, 6.07) is 6.58. The molecule has 0 aromatic heterocycles. The number of hydrogen-bond donors (Lipinski definition) is 0. The number of hydrogen-bond acceptors (Lipinski definition) is 4. The van der Waals surface area contributed by atoms with E-state index in [0.717, 1.165) is 12.8 Å². The first-order valence-corrected chi connectivity index (χ1v) is 8.07. The van der Waals surface area contributed by atoms with E-state index in [4.69, 9.17) is 11.6 Å². The third-order valence-electron chi connectivity index (χ3n) is 3.15. The Labute approximate surface area is 117 Å². The van der Waals surface area contributed by atoms with Gasteiger partial charge in [-0.15, -0.1) is 0 Å². The first kappa shape index (κ1) is 14.3. The van der Waals surface area contributed by atoms with Crippen molar-refractivity contribution in [3.8, 4) is 0 Å². The van der Waals surface area contributed by atoms with Gasteiger partial charge in [0.1, 0.15) is 0 Å². The summed E-state index contributed by atoms with van der Waals surface area (Å²) in [6.45, 7) is 0. The molecule has 1 aliphatic carbocycles. The number of carbonyl (C=O) groups excluding carboxylic acids is 1. The lowest BCUT2D eigenvalue weighted by Crippen LogP contribution is -2.34. The second-order valence-corrected chi connectivity index (χ2v) is 7.27. The van der Waals surface area contributed by atoms with Crippen molar-refractivity contribution in [3.05, 3.63) is 34.9 Å². The highest BCUT2D eigenvalue weighted by atomic mass is 35.5. The van der Waals surface area contributed by atoms with Crippen molar-refractivity contribution in [2.75, 3.05) is 7.11 Å². The quantitative estimate of drug-likeness (QED) is 0.782. The Kier molecular flexibility index (Phi) is 4.16. The van der Waals surface area contributed by atoms with Gasteiger partial charge < -0.3 is 4.74 Å². The predicted molar refractivity (Wildman–Crippen MR) is 72.6 cm³/mol. The lowest BCUT2D eigenvalue weighted by atomic mass is 10.2. The van der Waals surface area contributed by atoms with Gasteiger partial charge in [0.25, 0.3) is 0 Å². The topological polar surface area (TPSA) is 60.4 Å². The average molecular weight is 303 g/mol. The summed E-state index contributed by atoms with van der Waals surface area (Å²) in [7, 11) is -2.34. The van der Waals surface area contributed by atoms with Crippen molar-refractivity contribution in [1.82, 2.24) is 0 Å². The molecule has 1 aromatic carbocycles. The molecule has 104 valence electrons. The van der Waals surface area contributed by atoms with E-state index in [1.807, 2.05) is 0 Å². The van der Waals surface area contributed by atoms with E-state index in [0.29, 0.717) is 10.6 Å². The molecular formula is C13H15ClO4S. The van der Waals surface area contributed by atoms with Gasteiger partial charge in [-0.25, -0.2) is 8.42 Å². The van der Waals surface area contributed by atoms with E-state index < -0.39 is 21.1 Å². The highest BCUT2D eigenvalue weighted by Gasteiger charge is 2.45. The molecule has 0 bridgehead atoms. The average Bonchev–Trinajstić information content (AvgIpc) is 3.16. The molecule has 0 N–H and O–H groups in total. The van der Waals surface area contributed by atoms with Crippen LogP contribution in [0.15, 0.2) is 24.3 Å².